The second-order valence-electron chi connectivity index (χ2n) is 6.76. The second kappa shape index (κ2) is 8.51. The molecule has 7 nitrogen and oxygen atoms in total. The van der Waals surface area contributed by atoms with Gasteiger partial charge in [-0.1, -0.05) is 12.1 Å². The van der Waals surface area contributed by atoms with Gasteiger partial charge in [-0.3, -0.25) is 9.59 Å². The number of ether oxygens (including phenoxy) is 2. The Balaban J connectivity index is 1.53. The van der Waals surface area contributed by atoms with Gasteiger partial charge in [-0.2, -0.15) is 0 Å². The molecule has 0 bridgehead atoms. The molecule has 2 unspecified atom stereocenters. The van der Waals surface area contributed by atoms with Crippen LogP contribution in [0.2, 0.25) is 0 Å². The molecular weight excluding hydrogens is 334 g/mol. The van der Waals surface area contributed by atoms with Crippen molar-refractivity contribution < 1.29 is 19.1 Å². The van der Waals surface area contributed by atoms with Gasteiger partial charge >= 0.3 is 5.97 Å². The van der Waals surface area contributed by atoms with Gasteiger partial charge in [0.25, 0.3) is 0 Å². The highest BCUT2D eigenvalue weighted by molar-refractivity contribution is 5.82. The third-order valence-corrected chi connectivity index (χ3v) is 5.12. The summed E-state index contributed by atoms with van der Waals surface area (Å²) in [6.07, 6.45) is 2.03. The largest absolute Gasteiger partial charge is 0.497 e. The maximum Gasteiger partial charge on any atom is 0.309 e. The summed E-state index contributed by atoms with van der Waals surface area (Å²) in [5, 5.41) is 0. The Morgan fingerprint density at radius 1 is 1.23 bits per heavy atom. The van der Waals surface area contributed by atoms with Gasteiger partial charge in [0.15, 0.2) is 0 Å². The maximum atomic E-state index is 12.8. The van der Waals surface area contributed by atoms with Gasteiger partial charge < -0.3 is 14.4 Å². The minimum atomic E-state index is -0.259. The van der Waals surface area contributed by atoms with E-state index in [-0.39, 0.29) is 29.9 Å². The Morgan fingerprint density at radius 3 is 2.69 bits per heavy atom. The molecule has 0 radical (unpaired) electrons. The third kappa shape index (κ3) is 4.16. The van der Waals surface area contributed by atoms with Crippen LogP contribution in [0.25, 0.3) is 0 Å². The summed E-state index contributed by atoms with van der Waals surface area (Å²) in [6, 6.07) is 7.67. The van der Waals surface area contributed by atoms with Gasteiger partial charge in [-0.15, -0.1) is 0 Å². The van der Waals surface area contributed by atoms with E-state index in [0.717, 1.165) is 11.3 Å². The van der Waals surface area contributed by atoms with E-state index in [4.69, 9.17) is 9.47 Å². The minimum absolute atomic E-state index is 0.0659. The van der Waals surface area contributed by atoms with Crippen LogP contribution >= 0.6 is 0 Å². The number of benzene rings is 1. The second-order valence-corrected chi connectivity index (χ2v) is 6.76. The Kier molecular flexibility index (Phi) is 6.11. The average Bonchev–Trinajstić information content (AvgIpc) is 3.18. The molecule has 0 saturated carbocycles. The average molecular weight is 361 g/mol. The molecule has 2 heterocycles. The monoisotopic (exact) mass is 361 g/mol. The van der Waals surface area contributed by atoms with Crippen molar-refractivity contribution in [2.24, 2.45) is 5.92 Å². The molecule has 3 rings (SSSR count). The molecule has 1 amide bonds. The van der Waals surface area contributed by atoms with Crippen molar-refractivity contribution in [3.63, 3.8) is 0 Å². The van der Waals surface area contributed by atoms with E-state index in [1.165, 1.54) is 0 Å². The number of esters is 1. The van der Waals surface area contributed by atoms with E-state index < -0.39 is 0 Å². The van der Waals surface area contributed by atoms with Gasteiger partial charge in [0.05, 0.1) is 19.6 Å². The predicted molar refractivity (Wildman–Crippen MR) is 96.3 cm³/mol. The topological polar surface area (TPSA) is 79.9 Å². The molecule has 2 saturated heterocycles. The molecule has 2 aliphatic rings. The number of amides is 1. The summed E-state index contributed by atoms with van der Waals surface area (Å²) in [4.78, 5) is 26.5. The first-order chi connectivity index (χ1) is 12.6. The molecule has 7 heteroatoms. The van der Waals surface area contributed by atoms with E-state index in [2.05, 4.69) is 10.9 Å². The Bertz CT molecular complexity index is 643. The fourth-order valence-corrected chi connectivity index (χ4v) is 3.61. The molecule has 2 atom stereocenters. The minimum Gasteiger partial charge on any atom is -0.497 e. The van der Waals surface area contributed by atoms with Gasteiger partial charge in [0.2, 0.25) is 5.91 Å². The smallest absolute Gasteiger partial charge is 0.309 e. The highest BCUT2D eigenvalue weighted by Gasteiger charge is 2.35. The number of nitrogens with one attached hydrogen (secondary N) is 2. The number of hydrogen-bond donors (Lipinski definition) is 2. The van der Waals surface area contributed by atoms with Crippen molar-refractivity contribution >= 4 is 11.9 Å². The zero-order chi connectivity index (χ0) is 18.5. The zero-order valence-corrected chi connectivity index (χ0v) is 15.4. The quantitative estimate of drug-likeness (QED) is 0.772. The van der Waals surface area contributed by atoms with Gasteiger partial charge in [-0.05, 0) is 43.9 Å². The lowest BCUT2D eigenvalue weighted by molar-refractivity contribution is -0.151. The van der Waals surface area contributed by atoms with Crippen molar-refractivity contribution in [1.29, 1.82) is 0 Å². The standard InChI is InChI=1S/C19H27N3O4/c1-3-26-19(24)13-7-9-22(10-8-13)18(23)17-12-16(20-21-17)14-5-4-6-15(11-14)25-2/h4-6,11,13,16-17,20-21H,3,7-10,12H2,1-2H3. The number of methoxy groups -OCH3 is 1. The lowest BCUT2D eigenvalue weighted by Crippen LogP contribution is -2.49. The summed E-state index contributed by atoms with van der Waals surface area (Å²) in [6.45, 7) is 3.42. The molecule has 142 valence electrons. The van der Waals surface area contributed by atoms with Crippen molar-refractivity contribution in [3.05, 3.63) is 29.8 Å². The highest BCUT2D eigenvalue weighted by atomic mass is 16.5. The van der Waals surface area contributed by atoms with E-state index in [1.54, 1.807) is 7.11 Å². The van der Waals surface area contributed by atoms with Crippen LogP contribution in [0.1, 0.15) is 37.8 Å². The van der Waals surface area contributed by atoms with Crippen molar-refractivity contribution in [3.8, 4) is 5.75 Å². The van der Waals surface area contributed by atoms with Gasteiger partial charge in [0.1, 0.15) is 11.8 Å². The zero-order valence-electron chi connectivity index (χ0n) is 15.4. The van der Waals surface area contributed by atoms with Gasteiger partial charge in [-0.25, -0.2) is 10.9 Å². The number of hydrogen-bond acceptors (Lipinski definition) is 6. The van der Waals surface area contributed by atoms with E-state index in [9.17, 15) is 9.59 Å². The number of piperidine rings is 1. The number of nitrogens with zero attached hydrogens (tertiary/aromatic N) is 1. The van der Waals surface area contributed by atoms with Gasteiger partial charge in [0, 0.05) is 19.1 Å². The van der Waals surface area contributed by atoms with Crippen LogP contribution in [0.5, 0.6) is 5.75 Å². The van der Waals surface area contributed by atoms with E-state index in [0.29, 0.717) is 39.0 Å². The van der Waals surface area contributed by atoms with Crippen LogP contribution in [-0.4, -0.2) is 49.6 Å². The van der Waals surface area contributed by atoms with Crippen molar-refractivity contribution in [1.82, 2.24) is 15.8 Å². The lowest BCUT2D eigenvalue weighted by atomic mass is 9.95. The Morgan fingerprint density at radius 2 is 2.00 bits per heavy atom. The van der Waals surface area contributed by atoms with Crippen LogP contribution in [0.4, 0.5) is 0 Å². The number of likely N-dealkylation sites (tertiary alicyclic amines) is 1. The molecule has 0 aromatic heterocycles. The van der Waals surface area contributed by atoms with Crippen LogP contribution < -0.4 is 15.6 Å². The van der Waals surface area contributed by atoms with Crippen LogP contribution in [0, 0.1) is 5.92 Å². The summed E-state index contributed by atoms with van der Waals surface area (Å²) in [7, 11) is 1.64. The summed E-state index contributed by atoms with van der Waals surface area (Å²) >= 11 is 0. The fourth-order valence-electron chi connectivity index (χ4n) is 3.61. The highest BCUT2D eigenvalue weighted by Crippen LogP contribution is 2.27. The summed E-state index contributed by atoms with van der Waals surface area (Å²) in [5.41, 5.74) is 7.42. The number of rotatable bonds is 5. The SMILES string of the molecule is CCOC(=O)C1CCN(C(=O)C2CC(c3cccc(OC)c3)NN2)CC1. The molecule has 2 fully saturated rings. The molecule has 2 N–H and O–H groups in total. The first kappa shape index (κ1) is 18.7. The van der Waals surface area contributed by atoms with Crippen LogP contribution in [0.15, 0.2) is 24.3 Å². The van der Waals surface area contributed by atoms with E-state index in [1.807, 2.05) is 36.1 Å². The maximum absolute atomic E-state index is 12.8. The predicted octanol–water partition coefficient (Wildman–Crippen LogP) is 1.40. The van der Waals surface area contributed by atoms with Crippen molar-refractivity contribution in [2.75, 3.05) is 26.8 Å². The first-order valence-corrected chi connectivity index (χ1v) is 9.22. The Hall–Kier alpha value is -2.12. The first-order valence-electron chi connectivity index (χ1n) is 9.22. The molecule has 1 aromatic rings. The summed E-state index contributed by atoms with van der Waals surface area (Å²) < 4.78 is 10.4. The number of carbonyl (C=O) groups is 2. The molecule has 26 heavy (non-hydrogen) atoms. The number of hydrazine groups is 1. The summed E-state index contributed by atoms with van der Waals surface area (Å²) in [5.74, 6) is 0.668. The molecule has 1 aromatic carbocycles. The molecule has 2 aliphatic heterocycles. The number of carbonyl (C=O) groups excluding carboxylic acids is 2. The van der Waals surface area contributed by atoms with Crippen LogP contribution in [-0.2, 0) is 14.3 Å². The molecule has 0 aliphatic carbocycles. The van der Waals surface area contributed by atoms with Crippen LogP contribution in [0.3, 0.4) is 0 Å². The molecule has 0 spiro atoms. The van der Waals surface area contributed by atoms with E-state index >= 15 is 0 Å². The van der Waals surface area contributed by atoms with Crippen molar-refractivity contribution in [2.45, 2.75) is 38.3 Å². The Labute approximate surface area is 154 Å². The molecular formula is C19H27N3O4. The normalized spacial score (nSPS) is 23.7. The third-order valence-electron chi connectivity index (χ3n) is 5.12. The lowest BCUT2D eigenvalue weighted by Gasteiger charge is -2.32. The fraction of sp³-hybridized carbons (Fsp3) is 0.579.